The molecule has 1 heterocycles. The number of halogens is 1. The highest BCUT2D eigenvalue weighted by atomic mass is 35.5. The Hall–Kier alpha value is -1.30. The molecule has 0 radical (unpaired) electrons. The van der Waals surface area contributed by atoms with Crippen molar-refractivity contribution in [1.29, 1.82) is 0 Å². The Morgan fingerprint density at radius 3 is 2.54 bits per heavy atom. The van der Waals surface area contributed by atoms with Gasteiger partial charge in [0.05, 0.1) is 0 Å². The Labute approximate surface area is 162 Å². The minimum atomic E-state index is -0.914. The van der Waals surface area contributed by atoms with Crippen molar-refractivity contribution < 1.29 is 9.90 Å². The number of amides is 1. The van der Waals surface area contributed by atoms with Gasteiger partial charge in [0.25, 0.3) is 0 Å². The predicted molar refractivity (Wildman–Crippen MR) is 108 cm³/mol. The van der Waals surface area contributed by atoms with Crippen LogP contribution in [0, 0.1) is 5.92 Å². The summed E-state index contributed by atoms with van der Waals surface area (Å²) in [6.07, 6.45) is 0.951. The molecule has 0 aliphatic carbocycles. The molecule has 146 valence electrons. The second-order valence-electron chi connectivity index (χ2n) is 7.66. The summed E-state index contributed by atoms with van der Waals surface area (Å²) in [5.41, 5.74) is 0.679. The van der Waals surface area contributed by atoms with Gasteiger partial charge >= 0.3 is 6.09 Å². The quantitative estimate of drug-likeness (QED) is 0.683. The number of rotatable bonds is 8. The first-order valence-corrected chi connectivity index (χ1v) is 9.97. The van der Waals surface area contributed by atoms with E-state index in [1.807, 2.05) is 0 Å². The first-order chi connectivity index (χ1) is 12.4. The van der Waals surface area contributed by atoms with E-state index in [9.17, 15) is 9.90 Å². The molecule has 1 atom stereocenters. The van der Waals surface area contributed by atoms with Crippen molar-refractivity contribution in [2.75, 3.05) is 44.2 Å². The summed E-state index contributed by atoms with van der Waals surface area (Å²) in [7, 11) is 0. The summed E-state index contributed by atoms with van der Waals surface area (Å²) in [6, 6.07) is 7.56. The van der Waals surface area contributed by atoms with Crippen molar-refractivity contribution in [3.63, 3.8) is 0 Å². The van der Waals surface area contributed by atoms with E-state index in [4.69, 9.17) is 11.6 Å². The normalized spacial score (nSPS) is 19.0. The van der Waals surface area contributed by atoms with E-state index >= 15 is 0 Å². The number of anilines is 1. The lowest BCUT2D eigenvalue weighted by Gasteiger charge is -2.40. The first-order valence-electron chi connectivity index (χ1n) is 9.59. The molecule has 1 aromatic carbocycles. The summed E-state index contributed by atoms with van der Waals surface area (Å²) >= 11 is 5.88. The van der Waals surface area contributed by atoms with Gasteiger partial charge in [0.1, 0.15) is 0 Å². The fraction of sp³-hybridized carbons (Fsp3) is 0.650. The summed E-state index contributed by atoms with van der Waals surface area (Å²) in [5.74, 6) is 0.707. The van der Waals surface area contributed by atoms with E-state index in [0.29, 0.717) is 29.2 Å². The number of piperazine rings is 1. The lowest BCUT2D eigenvalue weighted by atomic mass is 10.1. The van der Waals surface area contributed by atoms with Gasteiger partial charge in [0, 0.05) is 49.5 Å². The maximum atomic E-state index is 11.5. The molecule has 0 spiro atoms. The molecule has 1 unspecified atom stereocenters. The molecule has 1 saturated heterocycles. The van der Waals surface area contributed by atoms with Crippen LogP contribution in [0.2, 0.25) is 5.02 Å². The average Bonchev–Trinajstić information content (AvgIpc) is 2.57. The average molecular weight is 382 g/mol. The van der Waals surface area contributed by atoms with E-state index in [1.165, 1.54) is 11.4 Å². The highest BCUT2D eigenvalue weighted by Gasteiger charge is 2.23. The minimum Gasteiger partial charge on any atom is -0.465 e. The molecule has 26 heavy (non-hydrogen) atoms. The van der Waals surface area contributed by atoms with E-state index in [-0.39, 0.29) is 0 Å². The zero-order valence-corrected chi connectivity index (χ0v) is 17.0. The Morgan fingerprint density at radius 1 is 1.27 bits per heavy atom. The minimum absolute atomic E-state index is 0.514. The van der Waals surface area contributed by atoms with E-state index in [0.717, 1.165) is 39.0 Å². The summed E-state index contributed by atoms with van der Waals surface area (Å²) < 4.78 is 0. The molecular weight excluding hydrogens is 350 g/mol. The molecule has 1 aliphatic rings. The molecule has 0 saturated carbocycles. The standard InChI is InChI=1S/C20H32ClN3O2/c1-16(2)14-23-13-12-22(15-17(23)3)10-4-5-11-24(20(25)26)19-8-6-18(21)7-9-19/h6-9,16-17H,4-5,10-15H2,1-3H3,(H,25,26). The zero-order chi connectivity index (χ0) is 19.1. The van der Waals surface area contributed by atoms with E-state index in [2.05, 4.69) is 30.6 Å². The van der Waals surface area contributed by atoms with Gasteiger partial charge < -0.3 is 10.0 Å². The molecule has 1 aliphatic heterocycles. The van der Waals surface area contributed by atoms with Crippen molar-refractivity contribution in [2.45, 2.75) is 39.7 Å². The molecule has 1 amide bonds. The summed E-state index contributed by atoms with van der Waals surface area (Å²) in [6.45, 7) is 12.9. The Bertz CT molecular complexity index is 565. The maximum Gasteiger partial charge on any atom is 0.411 e. The molecule has 5 nitrogen and oxygen atoms in total. The van der Waals surface area contributed by atoms with Gasteiger partial charge in [-0.05, 0) is 56.5 Å². The van der Waals surface area contributed by atoms with Crippen LogP contribution in [0.3, 0.4) is 0 Å². The van der Waals surface area contributed by atoms with Crippen LogP contribution < -0.4 is 4.90 Å². The SMILES string of the molecule is CC(C)CN1CCN(CCCCN(C(=O)O)c2ccc(Cl)cc2)CC1C. The number of unbranched alkanes of at least 4 members (excludes halogenated alkanes) is 1. The van der Waals surface area contributed by atoms with Gasteiger partial charge in [-0.1, -0.05) is 25.4 Å². The predicted octanol–water partition coefficient (Wildman–Crippen LogP) is 4.27. The number of benzene rings is 1. The molecule has 1 N–H and O–H groups in total. The fourth-order valence-corrected chi connectivity index (χ4v) is 3.70. The third-order valence-corrected chi connectivity index (χ3v) is 5.18. The molecule has 0 aromatic heterocycles. The Kier molecular flexibility index (Phi) is 8.19. The van der Waals surface area contributed by atoms with Gasteiger partial charge in [0.15, 0.2) is 0 Å². The Morgan fingerprint density at radius 2 is 1.96 bits per heavy atom. The topological polar surface area (TPSA) is 47.0 Å². The third-order valence-electron chi connectivity index (χ3n) is 4.92. The second-order valence-corrected chi connectivity index (χ2v) is 8.09. The van der Waals surface area contributed by atoms with Crippen molar-refractivity contribution in [3.05, 3.63) is 29.3 Å². The van der Waals surface area contributed by atoms with Gasteiger partial charge in [-0.25, -0.2) is 4.79 Å². The largest absolute Gasteiger partial charge is 0.465 e. The van der Waals surface area contributed by atoms with Crippen LogP contribution in [0.25, 0.3) is 0 Å². The second kappa shape index (κ2) is 10.1. The first kappa shape index (κ1) is 21.0. The molecule has 2 rings (SSSR count). The zero-order valence-electron chi connectivity index (χ0n) is 16.2. The van der Waals surface area contributed by atoms with Crippen LogP contribution in [0.4, 0.5) is 10.5 Å². The van der Waals surface area contributed by atoms with Crippen molar-refractivity contribution >= 4 is 23.4 Å². The van der Waals surface area contributed by atoms with Crippen LogP contribution in [-0.4, -0.2) is 66.3 Å². The van der Waals surface area contributed by atoms with Crippen LogP contribution in [0.1, 0.15) is 33.6 Å². The smallest absolute Gasteiger partial charge is 0.411 e. The van der Waals surface area contributed by atoms with E-state index in [1.54, 1.807) is 24.3 Å². The van der Waals surface area contributed by atoms with Gasteiger partial charge in [0.2, 0.25) is 0 Å². The number of carboxylic acid groups (broad SMARTS) is 1. The summed E-state index contributed by atoms with van der Waals surface area (Å²) in [5, 5.41) is 10.1. The highest BCUT2D eigenvalue weighted by Crippen LogP contribution is 2.19. The number of hydrogen-bond donors (Lipinski definition) is 1. The van der Waals surface area contributed by atoms with Gasteiger partial charge in [-0.15, -0.1) is 0 Å². The monoisotopic (exact) mass is 381 g/mol. The van der Waals surface area contributed by atoms with Gasteiger partial charge in [-0.2, -0.15) is 0 Å². The Balaban J connectivity index is 1.73. The molecule has 0 bridgehead atoms. The molecular formula is C20H32ClN3O2. The number of nitrogens with zero attached hydrogens (tertiary/aromatic N) is 3. The maximum absolute atomic E-state index is 11.5. The molecule has 6 heteroatoms. The van der Waals surface area contributed by atoms with Crippen LogP contribution >= 0.6 is 11.6 Å². The lowest BCUT2D eigenvalue weighted by molar-refractivity contribution is 0.0735. The van der Waals surface area contributed by atoms with Crippen LogP contribution in [0.5, 0.6) is 0 Å². The molecule has 1 fully saturated rings. The van der Waals surface area contributed by atoms with Crippen molar-refractivity contribution in [1.82, 2.24) is 9.80 Å². The van der Waals surface area contributed by atoms with Crippen molar-refractivity contribution in [3.8, 4) is 0 Å². The summed E-state index contributed by atoms with van der Waals surface area (Å²) in [4.78, 5) is 18.0. The van der Waals surface area contributed by atoms with E-state index < -0.39 is 6.09 Å². The number of hydrogen-bond acceptors (Lipinski definition) is 3. The third kappa shape index (κ3) is 6.45. The molecule has 1 aromatic rings. The van der Waals surface area contributed by atoms with Crippen molar-refractivity contribution in [2.24, 2.45) is 5.92 Å². The number of carbonyl (C=O) groups is 1. The van der Waals surface area contributed by atoms with Crippen LogP contribution in [0.15, 0.2) is 24.3 Å². The fourth-order valence-electron chi connectivity index (χ4n) is 3.58. The van der Waals surface area contributed by atoms with Crippen LogP contribution in [-0.2, 0) is 0 Å². The van der Waals surface area contributed by atoms with Gasteiger partial charge in [-0.3, -0.25) is 9.80 Å². The highest BCUT2D eigenvalue weighted by molar-refractivity contribution is 6.30. The lowest BCUT2D eigenvalue weighted by Crippen LogP contribution is -2.52.